The van der Waals surface area contributed by atoms with Gasteiger partial charge in [-0.3, -0.25) is 9.59 Å². The van der Waals surface area contributed by atoms with Crippen LogP contribution in [0.5, 0.6) is 0 Å². The Kier molecular flexibility index (Phi) is 3.61. The van der Waals surface area contributed by atoms with Crippen LogP contribution >= 0.6 is 11.6 Å². The van der Waals surface area contributed by atoms with Crippen LogP contribution in [0.25, 0.3) is 0 Å². The fraction of sp³-hybridized carbons (Fsp3) is 0.500. The predicted molar refractivity (Wildman–Crippen MR) is 64.6 cm³/mol. The van der Waals surface area contributed by atoms with Crippen LogP contribution in [0.3, 0.4) is 0 Å². The SMILES string of the molecule is O=C(O)CC1(CNC(=O)c2ccoc2Cl)CCC1. The zero-order valence-electron chi connectivity index (χ0n) is 9.74. The summed E-state index contributed by atoms with van der Waals surface area (Å²) in [6.45, 7) is 0.361. The number of hydrogen-bond acceptors (Lipinski definition) is 3. The Labute approximate surface area is 109 Å². The van der Waals surface area contributed by atoms with Gasteiger partial charge in [-0.2, -0.15) is 0 Å². The molecule has 98 valence electrons. The first-order valence-electron chi connectivity index (χ1n) is 5.75. The van der Waals surface area contributed by atoms with E-state index < -0.39 is 5.97 Å². The normalized spacial score (nSPS) is 16.9. The lowest BCUT2D eigenvalue weighted by atomic mass is 9.66. The Morgan fingerprint density at radius 2 is 2.22 bits per heavy atom. The summed E-state index contributed by atoms with van der Waals surface area (Å²) >= 11 is 5.70. The second-order valence-electron chi connectivity index (χ2n) is 4.71. The summed E-state index contributed by atoms with van der Waals surface area (Å²) in [7, 11) is 0. The first-order valence-corrected chi connectivity index (χ1v) is 6.13. The van der Waals surface area contributed by atoms with Crippen LogP contribution in [-0.4, -0.2) is 23.5 Å². The Hall–Kier alpha value is -1.49. The highest BCUT2D eigenvalue weighted by molar-refractivity contribution is 6.32. The molecular weight excluding hydrogens is 258 g/mol. The highest BCUT2D eigenvalue weighted by Gasteiger charge is 2.39. The number of carboxylic acids is 1. The van der Waals surface area contributed by atoms with Gasteiger partial charge >= 0.3 is 5.97 Å². The van der Waals surface area contributed by atoms with Gasteiger partial charge in [0.05, 0.1) is 18.2 Å². The molecule has 2 N–H and O–H groups in total. The first-order chi connectivity index (χ1) is 8.52. The van der Waals surface area contributed by atoms with Crippen molar-refractivity contribution in [3.8, 4) is 0 Å². The number of hydrogen-bond donors (Lipinski definition) is 2. The molecule has 1 heterocycles. The van der Waals surface area contributed by atoms with Crippen molar-refractivity contribution in [2.45, 2.75) is 25.7 Å². The van der Waals surface area contributed by atoms with Gasteiger partial charge in [-0.25, -0.2) is 0 Å². The van der Waals surface area contributed by atoms with E-state index in [4.69, 9.17) is 21.1 Å². The lowest BCUT2D eigenvalue weighted by Crippen LogP contribution is -2.43. The number of amides is 1. The van der Waals surface area contributed by atoms with Crippen molar-refractivity contribution in [2.75, 3.05) is 6.54 Å². The van der Waals surface area contributed by atoms with Gasteiger partial charge in [0.2, 0.25) is 5.22 Å². The minimum Gasteiger partial charge on any atom is -0.481 e. The van der Waals surface area contributed by atoms with E-state index in [9.17, 15) is 9.59 Å². The van der Waals surface area contributed by atoms with Gasteiger partial charge < -0.3 is 14.8 Å². The van der Waals surface area contributed by atoms with Crippen molar-refractivity contribution in [1.29, 1.82) is 0 Å². The van der Waals surface area contributed by atoms with Crippen molar-refractivity contribution in [1.82, 2.24) is 5.32 Å². The van der Waals surface area contributed by atoms with E-state index in [1.165, 1.54) is 12.3 Å². The molecule has 0 bridgehead atoms. The third-order valence-corrected chi connectivity index (χ3v) is 3.72. The summed E-state index contributed by atoms with van der Waals surface area (Å²) in [6, 6.07) is 1.49. The number of carbonyl (C=O) groups excluding carboxylic acids is 1. The molecule has 0 unspecified atom stereocenters. The molecule has 1 aliphatic rings. The summed E-state index contributed by atoms with van der Waals surface area (Å²) in [5, 5.41) is 11.6. The summed E-state index contributed by atoms with van der Waals surface area (Å²) < 4.78 is 4.83. The van der Waals surface area contributed by atoms with E-state index in [1.54, 1.807) is 0 Å². The molecule has 0 aromatic carbocycles. The smallest absolute Gasteiger partial charge is 0.303 e. The van der Waals surface area contributed by atoms with Crippen LogP contribution in [0.15, 0.2) is 16.7 Å². The number of carboxylic acid groups (broad SMARTS) is 1. The molecule has 0 spiro atoms. The van der Waals surface area contributed by atoms with Crippen molar-refractivity contribution in [3.63, 3.8) is 0 Å². The van der Waals surface area contributed by atoms with Gasteiger partial charge in [0.15, 0.2) is 0 Å². The molecule has 1 fully saturated rings. The van der Waals surface area contributed by atoms with Crippen molar-refractivity contribution in [3.05, 3.63) is 23.1 Å². The van der Waals surface area contributed by atoms with Gasteiger partial charge in [-0.05, 0) is 35.9 Å². The van der Waals surface area contributed by atoms with Gasteiger partial charge in [0.25, 0.3) is 5.91 Å². The van der Waals surface area contributed by atoms with Crippen LogP contribution in [0.4, 0.5) is 0 Å². The lowest BCUT2D eigenvalue weighted by Gasteiger charge is -2.40. The van der Waals surface area contributed by atoms with E-state index in [1.807, 2.05) is 0 Å². The Bertz CT molecular complexity index is 464. The topological polar surface area (TPSA) is 79.5 Å². The monoisotopic (exact) mass is 271 g/mol. The third-order valence-electron chi connectivity index (χ3n) is 3.43. The molecule has 0 saturated heterocycles. The second-order valence-corrected chi connectivity index (χ2v) is 5.06. The summed E-state index contributed by atoms with van der Waals surface area (Å²) in [4.78, 5) is 22.6. The quantitative estimate of drug-likeness (QED) is 0.861. The number of rotatable bonds is 5. The number of aliphatic carboxylic acids is 1. The van der Waals surface area contributed by atoms with Gasteiger partial charge in [-0.15, -0.1) is 0 Å². The fourth-order valence-corrected chi connectivity index (χ4v) is 2.43. The largest absolute Gasteiger partial charge is 0.481 e. The van der Waals surface area contributed by atoms with Crippen molar-refractivity contribution in [2.24, 2.45) is 5.41 Å². The first kappa shape index (κ1) is 13.0. The van der Waals surface area contributed by atoms with Crippen LogP contribution in [0.1, 0.15) is 36.0 Å². The molecule has 1 aromatic heterocycles. The summed E-state index contributed by atoms with van der Waals surface area (Å²) in [6.07, 6.45) is 4.10. The van der Waals surface area contributed by atoms with Crippen LogP contribution in [-0.2, 0) is 4.79 Å². The van der Waals surface area contributed by atoms with Crippen LogP contribution in [0, 0.1) is 5.41 Å². The molecule has 0 radical (unpaired) electrons. The average molecular weight is 272 g/mol. The molecule has 6 heteroatoms. The molecule has 0 aliphatic heterocycles. The maximum absolute atomic E-state index is 11.8. The minimum absolute atomic E-state index is 0.0494. The van der Waals surface area contributed by atoms with Gasteiger partial charge in [0, 0.05) is 6.54 Å². The summed E-state index contributed by atoms with van der Waals surface area (Å²) in [5.41, 5.74) is -0.0148. The van der Waals surface area contributed by atoms with Crippen molar-refractivity contribution < 1.29 is 19.1 Å². The molecular formula is C12H14ClNO4. The fourth-order valence-electron chi connectivity index (χ4n) is 2.23. The number of furan rings is 1. The van der Waals surface area contributed by atoms with E-state index in [2.05, 4.69) is 5.32 Å². The Morgan fingerprint density at radius 3 is 2.67 bits per heavy atom. The predicted octanol–water partition coefficient (Wildman–Crippen LogP) is 2.31. The second kappa shape index (κ2) is 5.02. The lowest BCUT2D eigenvalue weighted by molar-refractivity contribution is -0.141. The molecule has 1 aliphatic carbocycles. The maximum Gasteiger partial charge on any atom is 0.303 e. The molecule has 0 atom stereocenters. The molecule has 1 aromatic rings. The van der Waals surface area contributed by atoms with Crippen LogP contribution in [0.2, 0.25) is 5.22 Å². The van der Waals surface area contributed by atoms with Crippen molar-refractivity contribution >= 4 is 23.5 Å². The third kappa shape index (κ3) is 2.67. The minimum atomic E-state index is -0.828. The van der Waals surface area contributed by atoms with E-state index >= 15 is 0 Å². The highest BCUT2D eigenvalue weighted by atomic mass is 35.5. The molecule has 2 rings (SSSR count). The average Bonchev–Trinajstić information content (AvgIpc) is 2.67. The highest BCUT2D eigenvalue weighted by Crippen LogP contribution is 2.43. The van der Waals surface area contributed by atoms with Gasteiger partial charge in [-0.1, -0.05) is 6.42 Å². The standard InChI is InChI=1S/C12H14ClNO4/c13-10-8(2-5-18-10)11(17)14-7-12(3-1-4-12)6-9(15)16/h2,5H,1,3-4,6-7H2,(H,14,17)(H,15,16). The Balaban J connectivity index is 1.93. The number of halogens is 1. The molecule has 5 nitrogen and oxygen atoms in total. The van der Waals surface area contributed by atoms with E-state index in [0.29, 0.717) is 6.54 Å². The van der Waals surface area contributed by atoms with E-state index in [0.717, 1.165) is 19.3 Å². The van der Waals surface area contributed by atoms with E-state index in [-0.39, 0.29) is 28.5 Å². The number of carbonyl (C=O) groups is 2. The molecule has 1 saturated carbocycles. The van der Waals surface area contributed by atoms with Gasteiger partial charge in [0.1, 0.15) is 0 Å². The molecule has 18 heavy (non-hydrogen) atoms. The maximum atomic E-state index is 11.8. The zero-order chi connectivity index (χ0) is 13.2. The zero-order valence-corrected chi connectivity index (χ0v) is 10.5. The Morgan fingerprint density at radius 1 is 1.50 bits per heavy atom. The van der Waals surface area contributed by atoms with Crippen LogP contribution < -0.4 is 5.32 Å². The number of nitrogens with one attached hydrogen (secondary N) is 1. The summed E-state index contributed by atoms with van der Waals surface area (Å²) in [5.74, 6) is -1.16. The molecule has 1 amide bonds.